The lowest BCUT2D eigenvalue weighted by molar-refractivity contribution is -0.153. The van der Waals surface area contributed by atoms with E-state index >= 15 is 0 Å². The summed E-state index contributed by atoms with van der Waals surface area (Å²) in [5, 5.41) is 4.47. The van der Waals surface area contributed by atoms with Gasteiger partial charge < -0.3 is 10.1 Å². The van der Waals surface area contributed by atoms with Gasteiger partial charge in [-0.3, -0.25) is 9.59 Å². The zero-order chi connectivity index (χ0) is 18.3. The second-order valence-corrected chi connectivity index (χ2v) is 6.17. The Hall–Kier alpha value is -2.35. The molecule has 0 aliphatic heterocycles. The number of hydrogen-bond acceptors (Lipinski definition) is 4. The Morgan fingerprint density at radius 3 is 2.40 bits per heavy atom. The quantitative estimate of drug-likeness (QED) is 0.715. The third-order valence-electron chi connectivity index (χ3n) is 3.19. The number of carbonyl (C=O) groups excluding carboxylic acids is 2. The van der Waals surface area contributed by atoms with Crippen LogP contribution in [0.5, 0.6) is 5.75 Å². The lowest BCUT2D eigenvalue weighted by Gasteiger charge is -2.10. The van der Waals surface area contributed by atoms with Crippen LogP contribution in [0.3, 0.4) is 0 Å². The minimum Gasteiger partial charge on any atom is -0.484 e. The molecule has 0 aliphatic rings. The van der Waals surface area contributed by atoms with Gasteiger partial charge in [-0.05, 0) is 29.1 Å². The van der Waals surface area contributed by atoms with E-state index in [0.717, 1.165) is 5.56 Å². The van der Waals surface area contributed by atoms with E-state index in [1.807, 2.05) is 0 Å². The van der Waals surface area contributed by atoms with E-state index in [4.69, 9.17) is 0 Å². The van der Waals surface area contributed by atoms with Crippen molar-refractivity contribution in [2.24, 2.45) is 0 Å². The molecule has 0 aliphatic carbocycles. The minimum atomic E-state index is -4.38. The van der Waals surface area contributed by atoms with Crippen LogP contribution in [-0.2, 0) is 11.3 Å². The molecule has 1 amide bonds. The maximum atomic E-state index is 12.1. The monoisotopic (exact) mass is 371 g/mol. The molecular weight excluding hydrogens is 355 g/mol. The molecule has 0 saturated carbocycles. The van der Waals surface area contributed by atoms with Crippen LogP contribution in [-0.4, -0.2) is 24.5 Å². The van der Waals surface area contributed by atoms with Crippen LogP contribution in [0.15, 0.2) is 41.8 Å². The van der Waals surface area contributed by atoms with Crippen molar-refractivity contribution in [2.75, 3.05) is 6.61 Å². The van der Waals surface area contributed by atoms with Crippen LogP contribution in [0.1, 0.15) is 28.1 Å². The third-order valence-corrected chi connectivity index (χ3v) is 4.10. The summed E-state index contributed by atoms with van der Waals surface area (Å²) in [5.41, 5.74) is 0.720. The molecule has 0 unspecified atom stereocenters. The van der Waals surface area contributed by atoms with Crippen molar-refractivity contribution in [3.8, 4) is 5.75 Å². The van der Waals surface area contributed by atoms with Crippen molar-refractivity contribution in [1.29, 1.82) is 0 Å². The maximum Gasteiger partial charge on any atom is 0.422 e. The number of benzene rings is 1. The Bertz CT molecular complexity index is 697. The van der Waals surface area contributed by atoms with Crippen molar-refractivity contribution >= 4 is 23.0 Å². The first kappa shape index (κ1) is 19.0. The van der Waals surface area contributed by atoms with Crippen molar-refractivity contribution in [2.45, 2.75) is 25.6 Å². The lowest BCUT2D eigenvalue weighted by Crippen LogP contribution is -2.23. The summed E-state index contributed by atoms with van der Waals surface area (Å²) in [5.74, 6) is -0.229. The number of amides is 1. The molecule has 0 saturated heterocycles. The number of hydrogen-bond donors (Lipinski definition) is 1. The van der Waals surface area contributed by atoms with Gasteiger partial charge in [0, 0.05) is 19.4 Å². The van der Waals surface area contributed by atoms with E-state index < -0.39 is 12.8 Å². The van der Waals surface area contributed by atoms with Gasteiger partial charge in [-0.15, -0.1) is 11.3 Å². The zero-order valence-corrected chi connectivity index (χ0v) is 14.0. The highest BCUT2D eigenvalue weighted by Crippen LogP contribution is 2.19. The van der Waals surface area contributed by atoms with Crippen LogP contribution >= 0.6 is 11.3 Å². The largest absolute Gasteiger partial charge is 0.484 e. The van der Waals surface area contributed by atoms with E-state index in [1.165, 1.54) is 23.5 Å². The zero-order valence-electron chi connectivity index (χ0n) is 13.1. The van der Waals surface area contributed by atoms with Crippen molar-refractivity contribution < 1.29 is 27.5 Å². The van der Waals surface area contributed by atoms with Gasteiger partial charge in [0.05, 0.1) is 4.88 Å². The summed E-state index contributed by atoms with van der Waals surface area (Å²) in [6, 6.07) is 9.46. The summed E-state index contributed by atoms with van der Waals surface area (Å²) in [6.07, 6.45) is -4.16. The van der Waals surface area contributed by atoms with Crippen LogP contribution in [0.2, 0.25) is 0 Å². The summed E-state index contributed by atoms with van der Waals surface area (Å²) < 4.78 is 40.8. The smallest absolute Gasteiger partial charge is 0.422 e. The number of Topliss-reactive ketones (excluding diaryl/α,β-unsaturated/α-hetero) is 1. The number of rotatable bonds is 8. The van der Waals surface area contributed by atoms with E-state index in [2.05, 4.69) is 10.1 Å². The fraction of sp³-hybridized carbons (Fsp3) is 0.294. The molecule has 1 aromatic heterocycles. The molecule has 0 radical (unpaired) electrons. The van der Waals surface area contributed by atoms with E-state index in [-0.39, 0.29) is 36.8 Å². The summed E-state index contributed by atoms with van der Waals surface area (Å²) >= 11 is 1.34. The molecule has 0 spiro atoms. The number of thiophene rings is 1. The molecular formula is C17H16F3NO3S. The van der Waals surface area contributed by atoms with Gasteiger partial charge in [-0.1, -0.05) is 18.2 Å². The predicted molar refractivity (Wildman–Crippen MR) is 87.7 cm³/mol. The van der Waals surface area contributed by atoms with Crippen LogP contribution in [0, 0.1) is 0 Å². The number of alkyl halides is 3. The van der Waals surface area contributed by atoms with Gasteiger partial charge in [-0.2, -0.15) is 13.2 Å². The molecule has 134 valence electrons. The van der Waals surface area contributed by atoms with E-state index in [1.54, 1.807) is 29.6 Å². The minimum absolute atomic E-state index is 0.0729. The van der Waals surface area contributed by atoms with Gasteiger partial charge in [0.1, 0.15) is 5.75 Å². The number of halogens is 3. The molecule has 8 heteroatoms. The average molecular weight is 371 g/mol. The highest BCUT2D eigenvalue weighted by Gasteiger charge is 2.28. The molecule has 0 fully saturated rings. The molecule has 25 heavy (non-hydrogen) atoms. The number of carbonyl (C=O) groups is 2. The summed E-state index contributed by atoms with van der Waals surface area (Å²) in [7, 11) is 0. The molecule has 4 nitrogen and oxygen atoms in total. The van der Waals surface area contributed by atoms with E-state index in [9.17, 15) is 22.8 Å². The van der Waals surface area contributed by atoms with Crippen LogP contribution < -0.4 is 10.1 Å². The van der Waals surface area contributed by atoms with Gasteiger partial charge in [0.2, 0.25) is 5.91 Å². The number of ketones is 1. The first-order valence-electron chi connectivity index (χ1n) is 7.45. The fourth-order valence-electron chi connectivity index (χ4n) is 1.95. The second kappa shape index (κ2) is 8.66. The van der Waals surface area contributed by atoms with Crippen LogP contribution in [0.25, 0.3) is 0 Å². The molecule has 1 aromatic carbocycles. The van der Waals surface area contributed by atoms with Crippen molar-refractivity contribution in [3.05, 3.63) is 52.2 Å². The number of nitrogens with one attached hydrogen (secondary N) is 1. The highest BCUT2D eigenvalue weighted by atomic mass is 32.1. The van der Waals surface area contributed by atoms with E-state index in [0.29, 0.717) is 4.88 Å². The summed E-state index contributed by atoms with van der Waals surface area (Å²) in [6.45, 7) is -1.12. The molecule has 1 heterocycles. The highest BCUT2D eigenvalue weighted by molar-refractivity contribution is 7.12. The third kappa shape index (κ3) is 6.96. The first-order valence-corrected chi connectivity index (χ1v) is 8.33. The Morgan fingerprint density at radius 2 is 1.80 bits per heavy atom. The van der Waals surface area contributed by atoms with Gasteiger partial charge in [-0.25, -0.2) is 0 Å². The topological polar surface area (TPSA) is 55.4 Å². The molecule has 2 rings (SSSR count). The lowest BCUT2D eigenvalue weighted by atomic mass is 10.1. The Morgan fingerprint density at radius 1 is 1.08 bits per heavy atom. The van der Waals surface area contributed by atoms with Gasteiger partial charge >= 0.3 is 6.18 Å². The standard InChI is InChI=1S/C17H16F3NO3S/c18-17(19,20)11-24-13-5-3-12(4-6-13)10-21-16(23)8-7-14(22)15-2-1-9-25-15/h1-6,9H,7-8,10-11H2,(H,21,23). The Labute approximate surface area is 146 Å². The van der Waals surface area contributed by atoms with Gasteiger partial charge in [0.25, 0.3) is 0 Å². The molecule has 2 aromatic rings. The molecule has 1 N–H and O–H groups in total. The second-order valence-electron chi connectivity index (χ2n) is 5.23. The first-order chi connectivity index (χ1) is 11.8. The number of ether oxygens (including phenoxy) is 1. The normalized spacial score (nSPS) is 11.2. The average Bonchev–Trinajstić information content (AvgIpc) is 3.11. The molecule has 0 bridgehead atoms. The SMILES string of the molecule is O=C(CCC(=O)c1cccs1)NCc1ccc(OCC(F)(F)F)cc1. The van der Waals surface area contributed by atoms with Crippen LogP contribution in [0.4, 0.5) is 13.2 Å². The maximum absolute atomic E-state index is 12.1. The predicted octanol–water partition coefficient (Wildman–Crippen LogP) is 3.97. The van der Waals surface area contributed by atoms with Crippen molar-refractivity contribution in [3.63, 3.8) is 0 Å². The van der Waals surface area contributed by atoms with Crippen molar-refractivity contribution in [1.82, 2.24) is 5.32 Å². The Kier molecular flexibility index (Phi) is 6.58. The molecule has 0 atom stereocenters. The summed E-state index contributed by atoms with van der Waals surface area (Å²) in [4.78, 5) is 24.2. The Balaban J connectivity index is 1.71. The fourth-order valence-corrected chi connectivity index (χ4v) is 2.64. The van der Waals surface area contributed by atoms with Gasteiger partial charge in [0.15, 0.2) is 12.4 Å².